The molecule has 0 saturated heterocycles. The van der Waals surface area contributed by atoms with Crippen LogP contribution in [-0.2, 0) is 13.6 Å². The predicted octanol–water partition coefficient (Wildman–Crippen LogP) is 2.39. The van der Waals surface area contributed by atoms with Crippen molar-refractivity contribution >= 4 is 11.6 Å². The average Bonchev–Trinajstić information content (AvgIpc) is 2.46. The topological polar surface area (TPSA) is 29.9 Å². The van der Waals surface area contributed by atoms with Crippen molar-refractivity contribution in [1.29, 1.82) is 0 Å². The molecule has 0 spiro atoms. The summed E-state index contributed by atoms with van der Waals surface area (Å²) in [5, 5.41) is 8.28. The third kappa shape index (κ3) is 3.68. The van der Waals surface area contributed by atoms with Crippen molar-refractivity contribution in [3.05, 3.63) is 29.1 Å². The van der Waals surface area contributed by atoms with Gasteiger partial charge in [0.2, 0.25) is 0 Å². The molecule has 0 fully saturated rings. The van der Waals surface area contributed by atoms with Gasteiger partial charge in [0.25, 0.3) is 0 Å². The van der Waals surface area contributed by atoms with E-state index in [0.29, 0.717) is 17.5 Å². The molecule has 4 heteroatoms. The van der Waals surface area contributed by atoms with Gasteiger partial charge in [0.1, 0.15) is 0 Å². The van der Waals surface area contributed by atoms with Crippen LogP contribution in [0.15, 0.2) is 17.8 Å². The summed E-state index contributed by atoms with van der Waals surface area (Å²) < 4.78 is 1.85. The first-order valence-electron chi connectivity index (χ1n) is 5.07. The second kappa shape index (κ2) is 5.33. The van der Waals surface area contributed by atoms with Gasteiger partial charge in [-0.15, -0.1) is 0 Å². The minimum atomic E-state index is 0.446. The van der Waals surface area contributed by atoms with Crippen LogP contribution in [0.5, 0.6) is 0 Å². The highest BCUT2D eigenvalue weighted by molar-refractivity contribution is 6.29. The van der Waals surface area contributed by atoms with E-state index in [1.807, 2.05) is 17.9 Å². The van der Waals surface area contributed by atoms with Crippen LogP contribution in [-0.4, -0.2) is 16.3 Å². The molecule has 0 saturated carbocycles. The van der Waals surface area contributed by atoms with Crippen molar-refractivity contribution in [2.75, 3.05) is 6.54 Å². The summed E-state index contributed by atoms with van der Waals surface area (Å²) in [5.74, 6) is 0.446. The van der Waals surface area contributed by atoms with Crippen LogP contribution in [0.3, 0.4) is 0 Å². The summed E-state index contributed by atoms with van der Waals surface area (Å²) in [6, 6.07) is 0. The quantitative estimate of drug-likeness (QED) is 0.837. The van der Waals surface area contributed by atoms with Gasteiger partial charge in [-0.3, -0.25) is 4.68 Å². The number of nitrogens with one attached hydrogen (secondary N) is 1. The highest BCUT2D eigenvalue weighted by Crippen LogP contribution is 2.16. The van der Waals surface area contributed by atoms with Crippen LogP contribution in [0.25, 0.3) is 0 Å². The highest BCUT2D eigenvalue weighted by Gasteiger charge is 2.10. The molecule has 0 aliphatic heterocycles. The Kier molecular flexibility index (Phi) is 4.36. The zero-order valence-corrected chi connectivity index (χ0v) is 10.3. The van der Waals surface area contributed by atoms with Gasteiger partial charge >= 0.3 is 0 Å². The maximum atomic E-state index is 5.67. The van der Waals surface area contributed by atoms with Crippen LogP contribution in [0, 0.1) is 0 Å². The van der Waals surface area contributed by atoms with E-state index in [9.17, 15) is 0 Å². The Morgan fingerprint density at radius 2 is 2.33 bits per heavy atom. The van der Waals surface area contributed by atoms with Crippen LogP contribution in [0.2, 0.25) is 0 Å². The summed E-state index contributed by atoms with van der Waals surface area (Å²) in [6.07, 6.45) is 2.04. The smallest absolute Gasteiger partial charge is 0.0694 e. The first-order valence-corrected chi connectivity index (χ1v) is 5.45. The third-order valence-electron chi connectivity index (χ3n) is 2.12. The van der Waals surface area contributed by atoms with Gasteiger partial charge in [-0.1, -0.05) is 32.0 Å². The molecule has 1 aromatic rings. The Morgan fingerprint density at radius 3 is 2.87 bits per heavy atom. The molecule has 0 atom stereocenters. The lowest BCUT2D eigenvalue weighted by atomic mass is 10.1. The molecule has 0 aliphatic carbocycles. The summed E-state index contributed by atoms with van der Waals surface area (Å²) in [7, 11) is 1.94. The molecule has 3 nitrogen and oxygen atoms in total. The fourth-order valence-corrected chi connectivity index (χ4v) is 1.60. The van der Waals surface area contributed by atoms with Gasteiger partial charge in [-0.25, -0.2) is 0 Å². The summed E-state index contributed by atoms with van der Waals surface area (Å²) in [4.78, 5) is 0. The normalized spacial score (nSPS) is 11.0. The highest BCUT2D eigenvalue weighted by atomic mass is 35.5. The first kappa shape index (κ1) is 12.3. The Labute approximate surface area is 96.1 Å². The van der Waals surface area contributed by atoms with Crippen LogP contribution >= 0.6 is 11.6 Å². The van der Waals surface area contributed by atoms with Gasteiger partial charge in [0.15, 0.2) is 0 Å². The molecule has 1 N–H and O–H groups in total. The molecular weight excluding hydrogens is 210 g/mol. The number of halogens is 1. The molecule has 1 rings (SSSR count). The van der Waals surface area contributed by atoms with Crippen LogP contribution < -0.4 is 5.32 Å². The molecule has 0 amide bonds. The minimum Gasteiger partial charge on any atom is -0.308 e. The van der Waals surface area contributed by atoms with Gasteiger partial charge in [0, 0.05) is 36.9 Å². The zero-order chi connectivity index (χ0) is 11.4. The second-order valence-corrected chi connectivity index (χ2v) is 4.52. The van der Waals surface area contributed by atoms with Gasteiger partial charge in [-0.05, 0) is 5.92 Å². The Hall–Kier alpha value is -0.800. The van der Waals surface area contributed by atoms with Gasteiger partial charge in [0.05, 0.1) is 5.69 Å². The Bertz CT molecular complexity index is 342. The number of nitrogens with zero attached hydrogens (tertiary/aromatic N) is 2. The van der Waals surface area contributed by atoms with E-state index in [-0.39, 0.29) is 0 Å². The summed E-state index contributed by atoms with van der Waals surface area (Å²) in [6.45, 7) is 9.34. The second-order valence-electron chi connectivity index (χ2n) is 3.99. The number of rotatable bonds is 5. The van der Waals surface area contributed by atoms with Crippen LogP contribution in [0.4, 0.5) is 0 Å². The number of aryl methyl sites for hydroxylation is 1. The van der Waals surface area contributed by atoms with E-state index in [2.05, 4.69) is 30.8 Å². The Balaban J connectivity index is 2.63. The minimum absolute atomic E-state index is 0.446. The van der Waals surface area contributed by atoms with E-state index < -0.39 is 0 Å². The molecule has 0 aliphatic rings. The van der Waals surface area contributed by atoms with Crippen LogP contribution in [0.1, 0.15) is 31.0 Å². The van der Waals surface area contributed by atoms with E-state index in [0.717, 1.165) is 12.2 Å². The van der Waals surface area contributed by atoms with Crippen molar-refractivity contribution in [3.8, 4) is 0 Å². The molecule has 1 aromatic heterocycles. The lowest BCUT2D eigenvalue weighted by Crippen LogP contribution is -2.15. The largest absolute Gasteiger partial charge is 0.308 e. The molecule has 15 heavy (non-hydrogen) atoms. The van der Waals surface area contributed by atoms with E-state index in [1.54, 1.807) is 0 Å². The van der Waals surface area contributed by atoms with E-state index in [4.69, 9.17) is 11.6 Å². The monoisotopic (exact) mass is 227 g/mol. The van der Waals surface area contributed by atoms with Crippen molar-refractivity contribution < 1.29 is 0 Å². The molecule has 0 bridgehead atoms. The molecular formula is C11H18ClN3. The zero-order valence-electron chi connectivity index (χ0n) is 9.55. The molecule has 1 heterocycles. The summed E-state index contributed by atoms with van der Waals surface area (Å²) >= 11 is 5.67. The molecule has 0 aromatic carbocycles. The Morgan fingerprint density at radius 1 is 1.67 bits per heavy atom. The number of hydrogen-bond donors (Lipinski definition) is 1. The first-order chi connectivity index (χ1) is 7.00. The van der Waals surface area contributed by atoms with Crippen molar-refractivity contribution in [1.82, 2.24) is 15.1 Å². The van der Waals surface area contributed by atoms with Crippen molar-refractivity contribution in [2.24, 2.45) is 7.05 Å². The average molecular weight is 228 g/mol. The van der Waals surface area contributed by atoms with Crippen molar-refractivity contribution in [3.63, 3.8) is 0 Å². The lowest BCUT2D eigenvalue weighted by Gasteiger charge is -2.05. The fraction of sp³-hybridized carbons (Fsp3) is 0.545. The fourth-order valence-electron chi connectivity index (χ4n) is 1.51. The molecule has 0 unspecified atom stereocenters. The maximum absolute atomic E-state index is 5.67. The SMILES string of the molecule is C=C(Cl)CNCc1cn(C)nc1C(C)C. The van der Waals surface area contributed by atoms with E-state index in [1.165, 1.54) is 5.56 Å². The van der Waals surface area contributed by atoms with Crippen molar-refractivity contribution in [2.45, 2.75) is 26.3 Å². The van der Waals surface area contributed by atoms with Gasteiger partial charge < -0.3 is 5.32 Å². The van der Waals surface area contributed by atoms with E-state index >= 15 is 0 Å². The maximum Gasteiger partial charge on any atom is 0.0694 e. The number of hydrogen-bond acceptors (Lipinski definition) is 2. The van der Waals surface area contributed by atoms with Gasteiger partial charge in [-0.2, -0.15) is 5.10 Å². The standard InChI is InChI=1S/C11H18ClN3/c1-8(2)11-10(7-15(4)14-11)6-13-5-9(3)12/h7-8,13H,3,5-6H2,1-2,4H3. The number of aromatic nitrogens is 2. The molecule has 0 radical (unpaired) electrons. The lowest BCUT2D eigenvalue weighted by molar-refractivity contribution is 0.705. The summed E-state index contributed by atoms with van der Waals surface area (Å²) in [5.41, 5.74) is 2.37. The molecule has 84 valence electrons. The third-order valence-corrected chi connectivity index (χ3v) is 2.25. The predicted molar refractivity (Wildman–Crippen MR) is 64.0 cm³/mol.